The number of H-pyrrole nitrogens is 1. The van der Waals surface area contributed by atoms with Gasteiger partial charge in [-0.25, -0.2) is 22.7 Å². The van der Waals surface area contributed by atoms with E-state index in [1.807, 2.05) is 25.1 Å². The summed E-state index contributed by atoms with van der Waals surface area (Å²) in [6.45, 7) is 4.70. The van der Waals surface area contributed by atoms with Crippen molar-refractivity contribution in [2.75, 3.05) is 37.3 Å². The molecule has 5 heterocycles. The molecular weight excluding hydrogens is 561 g/mol. The number of nitrogens with one attached hydrogen (secondary N) is 1. The van der Waals surface area contributed by atoms with Gasteiger partial charge in [0.05, 0.1) is 21.8 Å². The van der Waals surface area contributed by atoms with Gasteiger partial charge in [-0.15, -0.1) is 0 Å². The maximum atomic E-state index is 11.8. The third kappa shape index (κ3) is 5.04. The Morgan fingerprint density at radius 3 is 2.36 bits per heavy atom. The van der Waals surface area contributed by atoms with Crippen LogP contribution >= 0.6 is 23.2 Å². The Labute approximate surface area is 236 Å². The minimum absolute atomic E-state index is 0.139. The first kappa shape index (κ1) is 26.2. The first-order valence-corrected chi connectivity index (χ1v) is 15.2. The number of hydrogen-bond acceptors (Lipinski definition) is 8. The summed E-state index contributed by atoms with van der Waals surface area (Å²) in [7, 11) is -3.13. The Kier molecular flexibility index (Phi) is 6.65. The van der Waals surface area contributed by atoms with Gasteiger partial charge >= 0.3 is 0 Å². The summed E-state index contributed by atoms with van der Waals surface area (Å²) >= 11 is 12.6. The van der Waals surface area contributed by atoms with Crippen LogP contribution in [0.4, 0.5) is 5.95 Å². The standard InChI is InChI=1S/C26H27Cl2N7O3S/c1-16(23-20(27)12-29-13-21(23)28)38-18-3-4-22-19(9-18)24(33-32-22)17-10-30-25(31-11-17)34-14-26(15-34)5-7-35(8-6-26)39(2,36)37/h3-4,9-13,16H,5-8,14-15H2,1-2H3,(H,32,33). The average Bonchev–Trinajstić information content (AvgIpc) is 3.30. The number of nitrogens with zero attached hydrogens (tertiary/aromatic N) is 6. The van der Waals surface area contributed by atoms with Gasteiger partial charge in [-0.1, -0.05) is 23.2 Å². The molecule has 39 heavy (non-hydrogen) atoms. The molecule has 0 saturated carbocycles. The highest BCUT2D eigenvalue weighted by Crippen LogP contribution is 2.42. The van der Waals surface area contributed by atoms with Gasteiger partial charge in [-0.2, -0.15) is 5.10 Å². The molecule has 0 amide bonds. The van der Waals surface area contributed by atoms with Crippen molar-refractivity contribution in [2.24, 2.45) is 5.41 Å². The zero-order valence-corrected chi connectivity index (χ0v) is 23.8. The van der Waals surface area contributed by atoms with Crippen LogP contribution < -0.4 is 9.64 Å². The Morgan fingerprint density at radius 1 is 1.05 bits per heavy atom. The van der Waals surface area contributed by atoms with Gasteiger partial charge < -0.3 is 9.64 Å². The zero-order valence-electron chi connectivity index (χ0n) is 21.4. The fraction of sp³-hybridized carbons (Fsp3) is 0.385. The lowest BCUT2D eigenvalue weighted by atomic mass is 9.72. The molecule has 1 N–H and O–H groups in total. The van der Waals surface area contributed by atoms with Crippen molar-refractivity contribution in [2.45, 2.75) is 25.9 Å². The topological polar surface area (TPSA) is 117 Å². The number of fused-ring (bicyclic) bond motifs is 1. The first-order valence-electron chi connectivity index (χ1n) is 12.6. The van der Waals surface area contributed by atoms with E-state index in [9.17, 15) is 8.42 Å². The lowest BCUT2D eigenvalue weighted by molar-refractivity contribution is 0.113. The normalized spacial score (nSPS) is 18.3. The van der Waals surface area contributed by atoms with Crippen LogP contribution in [0.25, 0.3) is 22.2 Å². The van der Waals surface area contributed by atoms with Crippen molar-refractivity contribution in [1.82, 2.24) is 29.5 Å². The number of anilines is 1. The first-order chi connectivity index (χ1) is 18.6. The minimum atomic E-state index is -3.13. The van der Waals surface area contributed by atoms with Crippen molar-refractivity contribution in [3.05, 3.63) is 58.6 Å². The van der Waals surface area contributed by atoms with Gasteiger partial charge in [-0.3, -0.25) is 10.1 Å². The summed E-state index contributed by atoms with van der Waals surface area (Å²) in [5.74, 6) is 1.31. The molecule has 2 fully saturated rings. The molecule has 0 radical (unpaired) electrons. The van der Waals surface area contributed by atoms with E-state index in [1.165, 1.54) is 6.26 Å². The molecule has 4 aromatic rings. The van der Waals surface area contributed by atoms with Crippen molar-refractivity contribution in [1.29, 1.82) is 0 Å². The fourth-order valence-corrected chi connectivity index (χ4v) is 7.00. The molecule has 0 bridgehead atoms. The van der Waals surface area contributed by atoms with Crippen molar-refractivity contribution >= 4 is 50.1 Å². The van der Waals surface area contributed by atoms with E-state index in [-0.39, 0.29) is 11.5 Å². The van der Waals surface area contributed by atoms with Crippen LogP contribution in [0, 0.1) is 5.41 Å². The predicted octanol–water partition coefficient (Wildman–Crippen LogP) is 4.72. The van der Waals surface area contributed by atoms with Crippen LogP contribution in [0.5, 0.6) is 5.75 Å². The molecule has 2 aliphatic rings. The van der Waals surface area contributed by atoms with Gasteiger partial charge in [0.25, 0.3) is 0 Å². The maximum absolute atomic E-state index is 11.8. The molecule has 10 nitrogen and oxygen atoms in total. The van der Waals surface area contributed by atoms with Gasteiger partial charge in [0, 0.05) is 72.9 Å². The van der Waals surface area contributed by atoms with Crippen LogP contribution in [0.15, 0.2) is 43.0 Å². The number of rotatable bonds is 6. The number of pyridine rings is 1. The highest BCUT2D eigenvalue weighted by atomic mass is 35.5. The number of sulfonamides is 1. The van der Waals surface area contributed by atoms with Crippen molar-refractivity contribution in [3.8, 4) is 17.0 Å². The van der Waals surface area contributed by atoms with E-state index >= 15 is 0 Å². The molecule has 2 saturated heterocycles. The van der Waals surface area contributed by atoms with Crippen LogP contribution in [0.1, 0.15) is 31.4 Å². The smallest absolute Gasteiger partial charge is 0.225 e. The maximum Gasteiger partial charge on any atom is 0.225 e. The summed E-state index contributed by atoms with van der Waals surface area (Å²) in [5, 5.41) is 9.33. The molecule has 2 aliphatic heterocycles. The Balaban J connectivity index is 1.15. The number of aromatic amines is 1. The van der Waals surface area contributed by atoms with E-state index < -0.39 is 10.0 Å². The van der Waals surface area contributed by atoms with Gasteiger partial charge in [0.15, 0.2) is 0 Å². The predicted molar refractivity (Wildman–Crippen MR) is 151 cm³/mol. The third-order valence-electron chi connectivity index (χ3n) is 7.64. The number of halogens is 2. The molecule has 204 valence electrons. The van der Waals surface area contributed by atoms with Gasteiger partial charge in [0.2, 0.25) is 16.0 Å². The monoisotopic (exact) mass is 587 g/mol. The zero-order chi connectivity index (χ0) is 27.4. The fourth-order valence-electron chi connectivity index (χ4n) is 5.48. The molecule has 6 rings (SSSR count). The molecule has 0 aliphatic carbocycles. The van der Waals surface area contributed by atoms with E-state index in [0.717, 1.165) is 48.1 Å². The molecule has 1 spiro atoms. The van der Waals surface area contributed by atoms with Crippen molar-refractivity contribution in [3.63, 3.8) is 0 Å². The van der Waals surface area contributed by atoms with E-state index in [0.29, 0.717) is 40.4 Å². The van der Waals surface area contributed by atoms with E-state index in [4.69, 9.17) is 27.9 Å². The summed E-state index contributed by atoms with van der Waals surface area (Å²) in [6.07, 6.45) is 9.26. The molecule has 1 unspecified atom stereocenters. The summed E-state index contributed by atoms with van der Waals surface area (Å²) in [6, 6.07) is 5.70. The number of hydrogen-bond donors (Lipinski definition) is 1. The largest absolute Gasteiger partial charge is 0.486 e. The lowest BCUT2D eigenvalue weighted by Crippen LogP contribution is -2.61. The Morgan fingerprint density at radius 2 is 1.72 bits per heavy atom. The summed E-state index contributed by atoms with van der Waals surface area (Å²) in [4.78, 5) is 15.4. The van der Waals surface area contributed by atoms with Crippen LogP contribution in [-0.4, -0.2) is 70.3 Å². The van der Waals surface area contributed by atoms with Gasteiger partial charge in [-0.05, 0) is 38.0 Å². The van der Waals surface area contributed by atoms with E-state index in [2.05, 4.69) is 30.0 Å². The quantitative estimate of drug-likeness (QED) is 0.344. The number of aromatic nitrogens is 5. The van der Waals surface area contributed by atoms with Crippen molar-refractivity contribution < 1.29 is 13.2 Å². The summed E-state index contributed by atoms with van der Waals surface area (Å²) in [5.41, 5.74) is 3.19. The molecule has 3 aromatic heterocycles. The average molecular weight is 589 g/mol. The minimum Gasteiger partial charge on any atom is -0.486 e. The second kappa shape index (κ2) is 9.88. The number of piperidine rings is 1. The molecule has 13 heteroatoms. The van der Waals surface area contributed by atoms with Gasteiger partial charge in [0.1, 0.15) is 17.5 Å². The lowest BCUT2D eigenvalue weighted by Gasteiger charge is -2.53. The van der Waals surface area contributed by atoms with Crippen LogP contribution in [-0.2, 0) is 10.0 Å². The van der Waals surface area contributed by atoms with Crippen LogP contribution in [0.3, 0.4) is 0 Å². The molecular formula is C26H27Cl2N7O3S. The molecule has 1 atom stereocenters. The number of benzene rings is 1. The molecule has 1 aromatic carbocycles. The highest BCUT2D eigenvalue weighted by Gasteiger charge is 2.46. The van der Waals surface area contributed by atoms with Crippen LogP contribution in [0.2, 0.25) is 10.0 Å². The summed E-state index contributed by atoms with van der Waals surface area (Å²) < 4.78 is 31.4. The highest BCUT2D eigenvalue weighted by molar-refractivity contribution is 7.88. The Hall–Kier alpha value is -2.99. The van der Waals surface area contributed by atoms with E-state index in [1.54, 1.807) is 29.1 Å². The second-order valence-corrected chi connectivity index (χ2v) is 13.1. The third-order valence-corrected chi connectivity index (χ3v) is 9.55. The second-order valence-electron chi connectivity index (χ2n) is 10.3. The SMILES string of the molecule is CC(Oc1ccc2[nH]nc(-c3cnc(N4CC5(CCN(S(C)(=O)=O)CC5)C4)nc3)c2c1)c1c(Cl)cncc1Cl. The Bertz CT molecular complexity index is 1610. The number of ether oxygens (including phenoxy) is 1.